The molecule has 0 amide bonds. The highest BCUT2D eigenvalue weighted by molar-refractivity contribution is 9.10. The quantitative estimate of drug-likeness (QED) is 0.910. The molecule has 1 unspecified atom stereocenters. The van der Waals surface area contributed by atoms with Gasteiger partial charge in [-0.25, -0.2) is 0 Å². The lowest BCUT2D eigenvalue weighted by atomic mass is 9.95. The Bertz CT molecular complexity index is 484. The Morgan fingerprint density at radius 3 is 2.25 bits per heavy atom. The highest BCUT2D eigenvalue weighted by Gasteiger charge is 2.16. The van der Waals surface area contributed by atoms with Crippen LogP contribution in [-0.4, -0.2) is 0 Å². The van der Waals surface area contributed by atoms with E-state index in [-0.39, 0.29) is 6.04 Å². The van der Waals surface area contributed by atoms with E-state index in [0.717, 1.165) is 11.3 Å². The van der Waals surface area contributed by atoms with Gasteiger partial charge in [-0.1, -0.05) is 18.2 Å². The van der Waals surface area contributed by atoms with Gasteiger partial charge in [-0.3, -0.25) is 0 Å². The van der Waals surface area contributed by atoms with Crippen LogP contribution in [-0.2, 0) is 0 Å². The largest absolute Gasteiger partial charge is 0.452 e. The summed E-state index contributed by atoms with van der Waals surface area (Å²) < 4.78 is 6.21. The van der Waals surface area contributed by atoms with E-state index in [1.807, 2.05) is 18.2 Å². The van der Waals surface area contributed by atoms with Crippen molar-refractivity contribution >= 4 is 15.9 Å². The number of rotatable bonds is 2. The van der Waals surface area contributed by atoms with Gasteiger partial charge < -0.3 is 10.2 Å². The van der Waals surface area contributed by atoms with Crippen LogP contribution in [0.3, 0.4) is 0 Å². The molecule has 2 rings (SSSR count). The molecule has 1 atom stereocenters. The molecule has 0 aliphatic carbocycles. The van der Waals surface area contributed by atoms with Crippen LogP contribution in [0, 0.1) is 13.8 Å². The molecule has 0 saturated heterocycles. The van der Waals surface area contributed by atoms with Gasteiger partial charge in [0.15, 0.2) is 4.67 Å². The van der Waals surface area contributed by atoms with Gasteiger partial charge in [-0.15, -0.1) is 0 Å². The molecule has 0 bridgehead atoms. The average molecular weight is 280 g/mol. The van der Waals surface area contributed by atoms with Crippen molar-refractivity contribution < 1.29 is 4.42 Å². The minimum atomic E-state index is -0.201. The fourth-order valence-electron chi connectivity index (χ4n) is 1.96. The summed E-state index contributed by atoms with van der Waals surface area (Å²) in [5.74, 6) is 0.782. The molecule has 2 aromatic rings. The number of hydrogen-bond donors (Lipinski definition) is 1. The molecule has 1 aromatic heterocycles. The predicted octanol–water partition coefficient (Wildman–Crippen LogP) is 3.71. The van der Waals surface area contributed by atoms with Gasteiger partial charge >= 0.3 is 0 Å². The highest BCUT2D eigenvalue weighted by atomic mass is 79.9. The van der Waals surface area contributed by atoms with E-state index < -0.39 is 0 Å². The lowest BCUT2D eigenvalue weighted by molar-refractivity contribution is 0.469. The summed E-state index contributed by atoms with van der Waals surface area (Å²) in [7, 11) is 0. The molecule has 1 heterocycles. The zero-order valence-corrected chi connectivity index (χ0v) is 10.9. The second-order valence-electron chi connectivity index (χ2n) is 3.93. The van der Waals surface area contributed by atoms with Crippen LogP contribution in [0.25, 0.3) is 0 Å². The van der Waals surface area contributed by atoms with Gasteiger partial charge in [0.1, 0.15) is 5.76 Å². The van der Waals surface area contributed by atoms with Crippen LogP contribution >= 0.6 is 15.9 Å². The lowest BCUT2D eigenvalue weighted by Gasteiger charge is -2.15. The second kappa shape index (κ2) is 4.44. The number of halogens is 1. The van der Waals surface area contributed by atoms with Gasteiger partial charge in [-0.2, -0.15) is 0 Å². The minimum absolute atomic E-state index is 0.201. The Hall–Kier alpha value is -1.06. The summed E-state index contributed by atoms with van der Waals surface area (Å²) in [6, 6.07) is 9.75. The summed E-state index contributed by atoms with van der Waals surface area (Å²) in [6.45, 7) is 4.14. The number of furan rings is 1. The Labute approximate surface area is 104 Å². The Morgan fingerprint density at radius 2 is 1.75 bits per heavy atom. The smallest absolute Gasteiger partial charge is 0.169 e. The molecular weight excluding hydrogens is 266 g/mol. The van der Waals surface area contributed by atoms with Gasteiger partial charge in [0.2, 0.25) is 0 Å². The van der Waals surface area contributed by atoms with E-state index in [2.05, 4.69) is 41.9 Å². The summed E-state index contributed by atoms with van der Waals surface area (Å²) in [5.41, 5.74) is 9.75. The summed E-state index contributed by atoms with van der Waals surface area (Å²) in [6.07, 6.45) is 0. The number of benzene rings is 1. The zero-order valence-electron chi connectivity index (χ0n) is 9.33. The van der Waals surface area contributed by atoms with Crippen molar-refractivity contribution in [3.05, 3.63) is 57.5 Å². The fourth-order valence-corrected chi connectivity index (χ4v) is 2.27. The van der Waals surface area contributed by atoms with Crippen molar-refractivity contribution in [2.45, 2.75) is 19.9 Å². The topological polar surface area (TPSA) is 39.2 Å². The average Bonchev–Trinajstić information content (AvgIpc) is 2.64. The highest BCUT2D eigenvalue weighted by Crippen LogP contribution is 2.28. The first kappa shape index (κ1) is 11.4. The Balaban J connectivity index is 2.45. The first-order valence-electron chi connectivity index (χ1n) is 5.16. The van der Waals surface area contributed by atoms with E-state index in [4.69, 9.17) is 10.2 Å². The third-order valence-electron chi connectivity index (χ3n) is 2.75. The van der Waals surface area contributed by atoms with Gasteiger partial charge in [0.25, 0.3) is 0 Å². The molecule has 2 N–H and O–H groups in total. The maximum absolute atomic E-state index is 6.22. The minimum Gasteiger partial charge on any atom is -0.452 e. The molecule has 0 spiro atoms. The Morgan fingerprint density at radius 1 is 1.12 bits per heavy atom. The zero-order chi connectivity index (χ0) is 11.7. The standard InChI is InChI=1S/C13H14BrNO/c1-8-4-3-5-9(2)12(8)13(15)10-6-7-11(14)16-10/h3-7,13H,15H2,1-2H3. The number of nitrogens with two attached hydrogens (primary N) is 1. The molecular formula is C13H14BrNO. The van der Waals surface area contributed by atoms with Crippen molar-refractivity contribution in [1.29, 1.82) is 0 Å². The molecule has 84 valence electrons. The van der Waals surface area contributed by atoms with Crippen LogP contribution in [0.4, 0.5) is 0 Å². The van der Waals surface area contributed by atoms with E-state index >= 15 is 0 Å². The van der Waals surface area contributed by atoms with E-state index in [9.17, 15) is 0 Å². The number of hydrogen-bond acceptors (Lipinski definition) is 2. The summed E-state index contributed by atoms with van der Waals surface area (Å²) >= 11 is 3.29. The maximum atomic E-state index is 6.22. The third-order valence-corrected chi connectivity index (χ3v) is 3.18. The molecule has 0 aliphatic rings. The van der Waals surface area contributed by atoms with E-state index in [0.29, 0.717) is 4.67 Å². The Kier molecular flexibility index (Phi) is 3.17. The second-order valence-corrected chi connectivity index (χ2v) is 4.71. The monoisotopic (exact) mass is 279 g/mol. The van der Waals surface area contributed by atoms with Gasteiger partial charge in [0, 0.05) is 0 Å². The van der Waals surface area contributed by atoms with Crippen LogP contribution in [0.1, 0.15) is 28.5 Å². The summed E-state index contributed by atoms with van der Waals surface area (Å²) in [5, 5.41) is 0. The molecule has 3 heteroatoms. The van der Waals surface area contributed by atoms with Gasteiger partial charge in [-0.05, 0) is 58.6 Å². The third kappa shape index (κ3) is 2.06. The van der Waals surface area contributed by atoms with E-state index in [1.54, 1.807) is 0 Å². The van der Waals surface area contributed by atoms with Crippen molar-refractivity contribution in [2.75, 3.05) is 0 Å². The molecule has 2 nitrogen and oxygen atoms in total. The molecule has 0 aliphatic heterocycles. The molecule has 16 heavy (non-hydrogen) atoms. The van der Waals surface area contributed by atoms with E-state index in [1.165, 1.54) is 11.1 Å². The van der Waals surface area contributed by atoms with Crippen molar-refractivity contribution in [3.63, 3.8) is 0 Å². The van der Waals surface area contributed by atoms with Crippen LogP contribution in [0.2, 0.25) is 0 Å². The first-order valence-corrected chi connectivity index (χ1v) is 5.96. The predicted molar refractivity (Wildman–Crippen MR) is 68.4 cm³/mol. The van der Waals surface area contributed by atoms with Gasteiger partial charge in [0.05, 0.1) is 6.04 Å². The normalized spacial score (nSPS) is 12.8. The van der Waals surface area contributed by atoms with Crippen LogP contribution in [0.15, 0.2) is 39.4 Å². The molecule has 0 saturated carbocycles. The van der Waals surface area contributed by atoms with Crippen molar-refractivity contribution in [1.82, 2.24) is 0 Å². The van der Waals surface area contributed by atoms with Crippen LogP contribution in [0.5, 0.6) is 0 Å². The first-order chi connectivity index (χ1) is 7.59. The molecule has 1 aromatic carbocycles. The summed E-state index contributed by atoms with van der Waals surface area (Å²) in [4.78, 5) is 0. The fraction of sp³-hybridized carbons (Fsp3) is 0.231. The SMILES string of the molecule is Cc1cccc(C)c1C(N)c1ccc(Br)o1. The van der Waals surface area contributed by atoms with Crippen molar-refractivity contribution in [2.24, 2.45) is 5.73 Å². The maximum Gasteiger partial charge on any atom is 0.169 e. The van der Waals surface area contributed by atoms with Crippen LogP contribution < -0.4 is 5.73 Å². The molecule has 0 fully saturated rings. The lowest BCUT2D eigenvalue weighted by Crippen LogP contribution is -2.13. The number of aryl methyl sites for hydroxylation is 2. The van der Waals surface area contributed by atoms with Crippen molar-refractivity contribution in [3.8, 4) is 0 Å². The molecule has 0 radical (unpaired) electrons.